The fourth-order valence-electron chi connectivity index (χ4n) is 1.23. The van der Waals surface area contributed by atoms with Crippen molar-refractivity contribution in [3.8, 4) is 0 Å². The largest absolute Gasteiger partial charge is 0.361 e. The van der Waals surface area contributed by atoms with Gasteiger partial charge in [-0.1, -0.05) is 29.5 Å². The summed E-state index contributed by atoms with van der Waals surface area (Å²) in [6.07, 6.45) is 2.87. The normalized spacial score (nSPS) is 10.3. The molecular weight excluding hydrogens is 192 g/mol. The first kappa shape index (κ1) is 9.21. The molecule has 0 bridgehead atoms. The summed E-state index contributed by atoms with van der Waals surface area (Å²) >= 11 is 1.69. The van der Waals surface area contributed by atoms with E-state index < -0.39 is 0 Å². The number of anilines is 1. The van der Waals surface area contributed by atoms with E-state index >= 15 is 0 Å². The number of fused-ring (bicyclic) bond motifs is 1. The Balaban J connectivity index is 2.14. The molecule has 0 atom stereocenters. The zero-order chi connectivity index (χ0) is 9.80. The molecule has 2 rings (SSSR count). The first-order valence-corrected chi connectivity index (χ1v) is 5.42. The average molecular weight is 204 g/mol. The van der Waals surface area contributed by atoms with Crippen molar-refractivity contribution in [3.05, 3.63) is 36.9 Å². The minimum Gasteiger partial charge on any atom is -0.361 e. The number of thiazole rings is 1. The summed E-state index contributed by atoms with van der Waals surface area (Å²) in [7, 11) is 0. The van der Waals surface area contributed by atoms with Gasteiger partial charge in [-0.25, -0.2) is 4.98 Å². The summed E-state index contributed by atoms with van der Waals surface area (Å²) in [5.74, 6) is 0. The van der Waals surface area contributed by atoms with Gasteiger partial charge in [-0.05, 0) is 18.6 Å². The van der Waals surface area contributed by atoms with Crippen LogP contribution in [0.3, 0.4) is 0 Å². The van der Waals surface area contributed by atoms with Gasteiger partial charge in [0.25, 0.3) is 0 Å². The number of benzene rings is 1. The maximum Gasteiger partial charge on any atom is 0.183 e. The molecular formula is C11H12N2S. The van der Waals surface area contributed by atoms with Gasteiger partial charge in [0.15, 0.2) is 5.13 Å². The molecule has 0 unspecified atom stereocenters. The van der Waals surface area contributed by atoms with E-state index in [0.29, 0.717) is 0 Å². The van der Waals surface area contributed by atoms with Crippen LogP contribution in [0.25, 0.3) is 10.2 Å². The quantitative estimate of drug-likeness (QED) is 0.610. The Labute approximate surface area is 87.3 Å². The third kappa shape index (κ3) is 1.93. The Kier molecular flexibility index (Phi) is 2.79. The second-order valence-corrected chi connectivity index (χ2v) is 4.02. The Morgan fingerprint density at radius 1 is 1.43 bits per heavy atom. The molecule has 0 amide bonds. The van der Waals surface area contributed by atoms with Crippen LogP contribution in [0.4, 0.5) is 5.13 Å². The molecule has 1 aromatic carbocycles. The molecule has 0 spiro atoms. The number of rotatable bonds is 4. The zero-order valence-corrected chi connectivity index (χ0v) is 8.68. The molecule has 0 radical (unpaired) electrons. The number of para-hydroxylation sites is 1. The van der Waals surface area contributed by atoms with E-state index in [0.717, 1.165) is 23.6 Å². The van der Waals surface area contributed by atoms with Crippen LogP contribution >= 0.6 is 11.3 Å². The Morgan fingerprint density at radius 3 is 3.07 bits per heavy atom. The van der Waals surface area contributed by atoms with E-state index in [2.05, 4.69) is 22.9 Å². The van der Waals surface area contributed by atoms with Crippen LogP contribution in [0.15, 0.2) is 36.9 Å². The van der Waals surface area contributed by atoms with Crippen LogP contribution in [0.2, 0.25) is 0 Å². The SMILES string of the molecule is C=CCCNc1nc2ccccc2s1. The van der Waals surface area contributed by atoms with Crippen LogP contribution in [-0.2, 0) is 0 Å². The Morgan fingerprint density at radius 2 is 2.29 bits per heavy atom. The molecule has 0 saturated heterocycles. The van der Waals surface area contributed by atoms with Crippen LogP contribution in [0.1, 0.15) is 6.42 Å². The van der Waals surface area contributed by atoms with Gasteiger partial charge in [-0.2, -0.15) is 0 Å². The van der Waals surface area contributed by atoms with Crippen LogP contribution in [0.5, 0.6) is 0 Å². The highest BCUT2D eigenvalue weighted by molar-refractivity contribution is 7.22. The highest BCUT2D eigenvalue weighted by Crippen LogP contribution is 2.24. The van der Waals surface area contributed by atoms with Gasteiger partial charge in [0.2, 0.25) is 0 Å². The number of hydrogen-bond donors (Lipinski definition) is 1. The lowest BCUT2D eigenvalue weighted by molar-refractivity contribution is 1.07. The van der Waals surface area contributed by atoms with E-state index in [4.69, 9.17) is 0 Å². The molecule has 72 valence electrons. The molecule has 0 aliphatic heterocycles. The average Bonchev–Trinajstić information content (AvgIpc) is 2.60. The molecule has 0 aliphatic carbocycles. The smallest absolute Gasteiger partial charge is 0.183 e. The topological polar surface area (TPSA) is 24.9 Å². The lowest BCUT2D eigenvalue weighted by Gasteiger charge is -1.96. The van der Waals surface area contributed by atoms with Crippen molar-refractivity contribution in [3.63, 3.8) is 0 Å². The highest BCUT2D eigenvalue weighted by Gasteiger charge is 2.00. The molecule has 0 aliphatic rings. The first-order valence-electron chi connectivity index (χ1n) is 4.60. The summed E-state index contributed by atoms with van der Waals surface area (Å²) in [5.41, 5.74) is 1.07. The molecule has 1 heterocycles. The van der Waals surface area contributed by atoms with Crippen LogP contribution in [-0.4, -0.2) is 11.5 Å². The number of nitrogens with zero attached hydrogens (tertiary/aromatic N) is 1. The summed E-state index contributed by atoms with van der Waals surface area (Å²) in [5, 5.41) is 4.26. The monoisotopic (exact) mass is 204 g/mol. The number of hydrogen-bond acceptors (Lipinski definition) is 3. The minimum atomic E-state index is 0.906. The van der Waals surface area contributed by atoms with Gasteiger partial charge in [0, 0.05) is 6.54 Å². The van der Waals surface area contributed by atoms with Gasteiger partial charge in [-0.3, -0.25) is 0 Å². The standard InChI is InChI=1S/C11H12N2S/c1-2-3-8-12-11-13-9-6-4-5-7-10(9)14-11/h2,4-7H,1,3,8H2,(H,12,13). The molecule has 14 heavy (non-hydrogen) atoms. The molecule has 2 nitrogen and oxygen atoms in total. The molecule has 0 fully saturated rings. The molecule has 0 saturated carbocycles. The van der Waals surface area contributed by atoms with E-state index in [1.54, 1.807) is 11.3 Å². The second kappa shape index (κ2) is 4.24. The van der Waals surface area contributed by atoms with Gasteiger partial charge < -0.3 is 5.32 Å². The van der Waals surface area contributed by atoms with Crippen LogP contribution < -0.4 is 5.32 Å². The van der Waals surface area contributed by atoms with Crippen LogP contribution in [0, 0.1) is 0 Å². The predicted octanol–water partition coefficient (Wildman–Crippen LogP) is 3.28. The molecule has 1 aromatic heterocycles. The van der Waals surface area contributed by atoms with Crippen molar-refractivity contribution in [2.45, 2.75) is 6.42 Å². The summed E-state index contributed by atoms with van der Waals surface area (Å²) in [6.45, 7) is 4.58. The van der Waals surface area contributed by atoms with Crippen molar-refractivity contribution in [1.82, 2.24) is 4.98 Å². The summed E-state index contributed by atoms with van der Waals surface area (Å²) in [6, 6.07) is 8.17. The summed E-state index contributed by atoms with van der Waals surface area (Å²) in [4.78, 5) is 4.46. The highest BCUT2D eigenvalue weighted by atomic mass is 32.1. The van der Waals surface area contributed by atoms with Gasteiger partial charge in [0.1, 0.15) is 0 Å². The lowest BCUT2D eigenvalue weighted by Crippen LogP contribution is -1.98. The van der Waals surface area contributed by atoms with E-state index in [9.17, 15) is 0 Å². The third-order valence-corrected chi connectivity index (χ3v) is 2.91. The summed E-state index contributed by atoms with van der Waals surface area (Å²) < 4.78 is 1.23. The van der Waals surface area contributed by atoms with E-state index in [-0.39, 0.29) is 0 Å². The van der Waals surface area contributed by atoms with Crippen molar-refractivity contribution in [2.75, 3.05) is 11.9 Å². The minimum absolute atomic E-state index is 0.906. The van der Waals surface area contributed by atoms with Gasteiger partial charge in [-0.15, -0.1) is 6.58 Å². The van der Waals surface area contributed by atoms with Crippen molar-refractivity contribution < 1.29 is 0 Å². The molecule has 2 aromatic rings. The second-order valence-electron chi connectivity index (χ2n) is 2.99. The zero-order valence-electron chi connectivity index (χ0n) is 7.86. The fraction of sp³-hybridized carbons (Fsp3) is 0.182. The Hall–Kier alpha value is -1.35. The van der Waals surface area contributed by atoms with E-state index in [1.165, 1.54) is 4.70 Å². The number of nitrogens with one attached hydrogen (secondary N) is 1. The third-order valence-electron chi connectivity index (χ3n) is 1.92. The predicted molar refractivity (Wildman–Crippen MR) is 62.9 cm³/mol. The van der Waals surface area contributed by atoms with Gasteiger partial charge in [0.05, 0.1) is 10.2 Å². The van der Waals surface area contributed by atoms with Gasteiger partial charge >= 0.3 is 0 Å². The van der Waals surface area contributed by atoms with Crippen molar-refractivity contribution in [1.29, 1.82) is 0 Å². The maximum absolute atomic E-state index is 4.46. The molecule has 3 heteroatoms. The van der Waals surface area contributed by atoms with Crippen molar-refractivity contribution in [2.24, 2.45) is 0 Å². The fourth-order valence-corrected chi connectivity index (χ4v) is 2.12. The maximum atomic E-state index is 4.46. The first-order chi connectivity index (χ1) is 6.90. The number of aromatic nitrogens is 1. The van der Waals surface area contributed by atoms with E-state index in [1.807, 2.05) is 24.3 Å². The lowest BCUT2D eigenvalue weighted by atomic mass is 10.3. The Bertz CT molecular complexity index is 401. The molecule has 1 N–H and O–H groups in total. The van der Waals surface area contributed by atoms with Crippen molar-refractivity contribution >= 4 is 26.7 Å².